The predicted molar refractivity (Wildman–Crippen MR) is 76.9 cm³/mol. The van der Waals surface area contributed by atoms with Gasteiger partial charge in [-0.3, -0.25) is 9.69 Å². The SMILES string of the molecule is CCCN(C)C(C)C(=O)Nc1cc(Cl)ccc1N. The minimum atomic E-state index is -0.205. The van der Waals surface area contributed by atoms with Gasteiger partial charge in [0.05, 0.1) is 17.4 Å². The minimum Gasteiger partial charge on any atom is -0.397 e. The molecule has 0 spiro atoms. The molecule has 1 rings (SSSR count). The molecular formula is C13H20ClN3O. The molecule has 0 bridgehead atoms. The number of carbonyl (C=O) groups excluding carboxylic acids is 1. The van der Waals surface area contributed by atoms with Gasteiger partial charge >= 0.3 is 0 Å². The van der Waals surface area contributed by atoms with Crippen molar-refractivity contribution < 1.29 is 4.79 Å². The number of halogens is 1. The molecular weight excluding hydrogens is 250 g/mol. The summed E-state index contributed by atoms with van der Waals surface area (Å²) in [5, 5.41) is 3.35. The van der Waals surface area contributed by atoms with Gasteiger partial charge in [-0.2, -0.15) is 0 Å². The number of carbonyl (C=O) groups is 1. The fourth-order valence-electron chi connectivity index (χ4n) is 1.62. The van der Waals surface area contributed by atoms with E-state index in [1.54, 1.807) is 18.2 Å². The fraction of sp³-hybridized carbons (Fsp3) is 0.462. The van der Waals surface area contributed by atoms with Crippen molar-refractivity contribution >= 4 is 28.9 Å². The summed E-state index contributed by atoms with van der Waals surface area (Å²) in [6, 6.07) is 4.82. The standard InChI is InChI=1S/C13H20ClN3O/c1-4-7-17(3)9(2)13(18)16-12-8-10(14)5-6-11(12)15/h5-6,8-9H,4,7,15H2,1-3H3,(H,16,18). The van der Waals surface area contributed by atoms with Crippen LogP contribution < -0.4 is 11.1 Å². The zero-order chi connectivity index (χ0) is 13.7. The minimum absolute atomic E-state index is 0.0834. The number of nitrogens with zero attached hydrogens (tertiary/aromatic N) is 1. The fourth-order valence-corrected chi connectivity index (χ4v) is 1.79. The molecule has 0 aliphatic rings. The van der Waals surface area contributed by atoms with E-state index < -0.39 is 0 Å². The Labute approximate surface area is 113 Å². The lowest BCUT2D eigenvalue weighted by molar-refractivity contribution is -0.120. The van der Waals surface area contributed by atoms with Crippen molar-refractivity contribution in [3.8, 4) is 0 Å². The van der Waals surface area contributed by atoms with Crippen LogP contribution in [0.15, 0.2) is 18.2 Å². The zero-order valence-corrected chi connectivity index (χ0v) is 11.8. The third kappa shape index (κ3) is 3.89. The molecule has 0 heterocycles. The van der Waals surface area contributed by atoms with Crippen LogP contribution in [0.5, 0.6) is 0 Å². The molecule has 0 saturated carbocycles. The number of nitrogens with one attached hydrogen (secondary N) is 1. The molecule has 3 N–H and O–H groups in total. The molecule has 1 atom stereocenters. The van der Waals surface area contributed by atoms with Crippen LogP contribution in [0.2, 0.25) is 5.02 Å². The molecule has 5 heteroatoms. The van der Waals surface area contributed by atoms with Crippen molar-refractivity contribution in [1.29, 1.82) is 0 Å². The molecule has 4 nitrogen and oxygen atoms in total. The maximum atomic E-state index is 12.0. The van der Waals surface area contributed by atoms with Crippen molar-refractivity contribution in [3.05, 3.63) is 23.2 Å². The van der Waals surface area contributed by atoms with E-state index in [1.807, 2.05) is 18.9 Å². The quantitative estimate of drug-likeness (QED) is 0.808. The Hall–Kier alpha value is -1.26. The molecule has 1 unspecified atom stereocenters. The molecule has 0 aliphatic carbocycles. The van der Waals surface area contributed by atoms with Crippen LogP contribution in [0.25, 0.3) is 0 Å². The van der Waals surface area contributed by atoms with Gasteiger partial charge in [0.1, 0.15) is 0 Å². The highest BCUT2D eigenvalue weighted by molar-refractivity contribution is 6.31. The zero-order valence-electron chi connectivity index (χ0n) is 11.0. The summed E-state index contributed by atoms with van der Waals surface area (Å²) in [4.78, 5) is 14.0. The van der Waals surface area contributed by atoms with E-state index in [2.05, 4.69) is 12.2 Å². The van der Waals surface area contributed by atoms with E-state index in [4.69, 9.17) is 17.3 Å². The lowest BCUT2D eigenvalue weighted by Gasteiger charge is -2.23. The number of amides is 1. The summed E-state index contributed by atoms with van der Waals surface area (Å²) in [6.07, 6.45) is 1.01. The topological polar surface area (TPSA) is 58.4 Å². The molecule has 1 amide bonds. The van der Waals surface area contributed by atoms with Gasteiger partial charge in [0.15, 0.2) is 0 Å². The average Bonchev–Trinajstić information content (AvgIpc) is 2.33. The maximum Gasteiger partial charge on any atom is 0.241 e. The van der Waals surface area contributed by atoms with Crippen molar-refractivity contribution in [2.75, 3.05) is 24.6 Å². The van der Waals surface area contributed by atoms with E-state index in [0.29, 0.717) is 16.4 Å². The number of nitrogens with two attached hydrogens (primary N) is 1. The summed E-state index contributed by atoms with van der Waals surface area (Å²) in [6.45, 7) is 4.82. The Morgan fingerprint density at radius 3 is 2.83 bits per heavy atom. The molecule has 0 fully saturated rings. The molecule has 100 valence electrons. The number of likely N-dealkylation sites (N-methyl/N-ethyl adjacent to an activating group) is 1. The van der Waals surface area contributed by atoms with Crippen molar-refractivity contribution in [3.63, 3.8) is 0 Å². The van der Waals surface area contributed by atoms with Gasteiger partial charge in [0, 0.05) is 5.02 Å². The highest BCUT2D eigenvalue weighted by Gasteiger charge is 2.18. The van der Waals surface area contributed by atoms with Gasteiger partial charge in [-0.1, -0.05) is 18.5 Å². The normalized spacial score (nSPS) is 12.5. The Kier molecular flexibility index (Phi) is 5.44. The molecule has 0 saturated heterocycles. The summed E-state index contributed by atoms with van der Waals surface area (Å²) in [7, 11) is 1.93. The number of hydrogen-bond acceptors (Lipinski definition) is 3. The first-order valence-corrected chi connectivity index (χ1v) is 6.39. The number of hydrogen-bond donors (Lipinski definition) is 2. The van der Waals surface area contributed by atoms with Crippen molar-refractivity contribution in [2.45, 2.75) is 26.3 Å². The number of nitrogen functional groups attached to an aromatic ring is 1. The highest BCUT2D eigenvalue weighted by Crippen LogP contribution is 2.23. The Bertz CT molecular complexity index is 423. The van der Waals surface area contributed by atoms with Crippen LogP contribution in [0.1, 0.15) is 20.3 Å². The van der Waals surface area contributed by atoms with Crippen LogP contribution in [-0.2, 0) is 4.79 Å². The van der Waals surface area contributed by atoms with Crippen LogP contribution in [0, 0.1) is 0 Å². The second kappa shape index (κ2) is 6.61. The van der Waals surface area contributed by atoms with Gasteiger partial charge in [0.25, 0.3) is 0 Å². The van der Waals surface area contributed by atoms with E-state index in [-0.39, 0.29) is 11.9 Å². The lowest BCUT2D eigenvalue weighted by atomic mass is 10.2. The van der Waals surface area contributed by atoms with Crippen molar-refractivity contribution in [2.24, 2.45) is 0 Å². The van der Waals surface area contributed by atoms with Crippen LogP contribution >= 0.6 is 11.6 Å². The monoisotopic (exact) mass is 269 g/mol. The third-order valence-electron chi connectivity index (χ3n) is 2.89. The molecule has 0 aliphatic heterocycles. The van der Waals surface area contributed by atoms with Gasteiger partial charge < -0.3 is 11.1 Å². The van der Waals surface area contributed by atoms with Gasteiger partial charge in [-0.25, -0.2) is 0 Å². The molecule has 18 heavy (non-hydrogen) atoms. The first-order chi connectivity index (χ1) is 8.45. The largest absolute Gasteiger partial charge is 0.397 e. The molecule has 0 radical (unpaired) electrons. The second-order valence-corrected chi connectivity index (χ2v) is 4.81. The van der Waals surface area contributed by atoms with Gasteiger partial charge in [-0.15, -0.1) is 0 Å². The first-order valence-electron chi connectivity index (χ1n) is 6.01. The van der Waals surface area contributed by atoms with Crippen LogP contribution in [0.4, 0.5) is 11.4 Å². The molecule has 1 aromatic rings. The van der Waals surface area contributed by atoms with E-state index in [0.717, 1.165) is 13.0 Å². The lowest BCUT2D eigenvalue weighted by Crippen LogP contribution is -2.40. The third-order valence-corrected chi connectivity index (χ3v) is 3.13. The summed E-state index contributed by atoms with van der Waals surface area (Å²) in [5.41, 5.74) is 6.86. The van der Waals surface area contributed by atoms with E-state index >= 15 is 0 Å². The summed E-state index contributed by atoms with van der Waals surface area (Å²) in [5.74, 6) is -0.0834. The number of benzene rings is 1. The first kappa shape index (κ1) is 14.8. The second-order valence-electron chi connectivity index (χ2n) is 4.38. The predicted octanol–water partition coefficient (Wildman–Crippen LogP) is 2.59. The maximum absolute atomic E-state index is 12.0. The van der Waals surface area contributed by atoms with Crippen molar-refractivity contribution in [1.82, 2.24) is 4.90 Å². The molecule has 1 aromatic carbocycles. The summed E-state index contributed by atoms with van der Waals surface area (Å²) < 4.78 is 0. The van der Waals surface area contributed by atoms with Gasteiger partial charge in [-0.05, 0) is 45.1 Å². The Morgan fingerprint density at radius 2 is 2.22 bits per heavy atom. The van der Waals surface area contributed by atoms with E-state index in [9.17, 15) is 4.79 Å². The average molecular weight is 270 g/mol. The number of rotatable bonds is 5. The Balaban J connectivity index is 2.72. The van der Waals surface area contributed by atoms with E-state index in [1.165, 1.54) is 0 Å². The van der Waals surface area contributed by atoms with Crippen LogP contribution in [0.3, 0.4) is 0 Å². The molecule has 0 aromatic heterocycles. The van der Waals surface area contributed by atoms with Gasteiger partial charge in [0.2, 0.25) is 5.91 Å². The smallest absolute Gasteiger partial charge is 0.241 e. The Morgan fingerprint density at radius 1 is 1.56 bits per heavy atom. The van der Waals surface area contributed by atoms with Crippen LogP contribution in [-0.4, -0.2) is 30.4 Å². The number of anilines is 2. The highest BCUT2D eigenvalue weighted by atomic mass is 35.5. The summed E-state index contributed by atoms with van der Waals surface area (Å²) >= 11 is 5.87.